The minimum atomic E-state index is -0.682. The van der Waals surface area contributed by atoms with Gasteiger partial charge in [-0.3, -0.25) is 4.79 Å². The molecule has 0 aromatic carbocycles. The summed E-state index contributed by atoms with van der Waals surface area (Å²) in [6.45, 7) is 4.88. The number of carboxylic acids is 1. The van der Waals surface area contributed by atoms with Crippen molar-refractivity contribution in [2.45, 2.75) is 58.8 Å². The molecule has 2 heteroatoms. The Morgan fingerprint density at radius 1 is 1.33 bits per heavy atom. The van der Waals surface area contributed by atoms with Gasteiger partial charge < -0.3 is 5.11 Å². The Kier molecular flexibility index (Phi) is 4.14. The number of carbonyl (C=O) groups is 1. The number of unbranched alkanes of at least 4 members (excludes halogenated alkanes) is 1. The summed E-state index contributed by atoms with van der Waals surface area (Å²) >= 11 is 0. The van der Waals surface area contributed by atoms with Gasteiger partial charge in [0.2, 0.25) is 0 Å². The van der Waals surface area contributed by atoms with Crippen LogP contribution in [0, 0.1) is 23.2 Å². The SMILES string of the molecule is CC1(C)[C@H]2CC[C@H](C/C=C\CCCC(=O)O)[C@@H]1C2. The summed E-state index contributed by atoms with van der Waals surface area (Å²) < 4.78 is 0. The van der Waals surface area contributed by atoms with Crippen molar-refractivity contribution in [3.8, 4) is 0 Å². The molecule has 3 saturated carbocycles. The Bertz CT molecular complexity index is 328. The Morgan fingerprint density at radius 2 is 2.11 bits per heavy atom. The van der Waals surface area contributed by atoms with Gasteiger partial charge in [-0.05, 0) is 61.7 Å². The molecule has 102 valence electrons. The minimum Gasteiger partial charge on any atom is -0.481 e. The summed E-state index contributed by atoms with van der Waals surface area (Å²) in [5.74, 6) is 2.11. The van der Waals surface area contributed by atoms with E-state index in [1.165, 1.54) is 25.7 Å². The lowest BCUT2D eigenvalue weighted by Crippen LogP contribution is -2.52. The van der Waals surface area contributed by atoms with Crippen LogP contribution in [-0.4, -0.2) is 11.1 Å². The molecule has 0 aliphatic heterocycles. The van der Waals surface area contributed by atoms with Crippen LogP contribution >= 0.6 is 0 Å². The van der Waals surface area contributed by atoms with Crippen LogP contribution in [-0.2, 0) is 4.79 Å². The summed E-state index contributed by atoms with van der Waals surface area (Å²) in [5.41, 5.74) is 0.583. The zero-order chi connectivity index (χ0) is 13.2. The van der Waals surface area contributed by atoms with Crippen molar-refractivity contribution in [2.75, 3.05) is 0 Å². The highest BCUT2D eigenvalue weighted by Gasteiger charge is 2.53. The first-order chi connectivity index (χ1) is 8.51. The zero-order valence-electron chi connectivity index (χ0n) is 11.7. The molecule has 0 amide bonds. The fraction of sp³-hybridized carbons (Fsp3) is 0.812. The van der Waals surface area contributed by atoms with Crippen molar-refractivity contribution >= 4 is 5.97 Å². The first kappa shape index (κ1) is 13.6. The Morgan fingerprint density at radius 3 is 2.72 bits per heavy atom. The number of carboxylic acid groups (broad SMARTS) is 1. The van der Waals surface area contributed by atoms with E-state index in [0.29, 0.717) is 11.8 Å². The highest BCUT2D eigenvalue weighted by atomic mass is 16.4. The summed E-state index contributed by atoms with van der Waals surface area (Å²) in [6.07, 6.45) is 11.9. The average Bonchev–Trinajstić information content (AvgIpc) is 2.33. The number of aliphatic carboxylic acids is 1. The smallest absolute Gasteiger partial charge is 0.303 e. The van der Waals surface area contributed by atoms with Crippen molar-refractivity contribution in [1.82, 2.24) is 0 Å². The predicted octanol–water partition coefficient (Wildman–Crippen LogP) is 4.26. The average molecular weight is 250 g/mol. The molecule has 0 spiro atoms. The normalized spacial score (nSPS) is 33.3. The van der Waals surface area contributed by atoms with Crippen molar-refractivity contribution in [1.29, 1.82) is 0 Å². The number of hydrogen-bond acceptors (Lipinski definition) is 1. The van der Waals surface area contributed by atoms with E-state index >= 15 is 0 Å². The lowest BCUT2D eigenvalue weighted by atomic mass is 9.45. The van der Waals surface area contributed by atoms with Crippen molar-refractivity contribution in [2.24, 2.45) is 23.2 Å². The first-order valence-electron chi connectivity index (χ1n) is 7.38. The molecule has 0 heterocycles. The second kappa shape index (κ2) is 5.46. The molecule has 3 rings (SSSR count). The van der Waals surface area contributed by atoms with Gasteiger partial charge in [-0.25, -0.2) is 0 Å². The van der Waals surface area contributed by atoms with Crippen LogP contribution in [0.4, 0.5) is 0 Å². The highest BCUT2D eigenvalue weighted by molar-refractivity contribution is 5.66. The molecule has 1 N–H and O–H groups in total. The van der Waals surface area contributed by atoms with E-state index < -0.39 is 5.97 Å². The van der Waals surface area contributed by atoms with Gasteiger partial charge >= 0.3 is 5.97 Å². The van der Waals surface area contributed by atoms with Crippen LogP contribution in [0.25, 0.3) is 0 Å². The van der Waals surface area contributed by atoms with Gasteiger partial charge in [0, 0.05) is 6.42 Å². The molecule has 3 atom stereocenters. The number of rotatable bonds is 6. The van der Waals surface area contributed by atoms with E-state index in [4.69, 9.17) is 5.11 Å². The summed E-state index contributed by atoms with van der Waals surface area (Å²) in [6, 6.07) is 0. The summed E-state index contributed by atoms with van der Waals surface area (Å²) in [7, 11) is 0. The lowest BCUT2D eigenvalue weighted by molar-refractivity contribution is -0.137. The molecule has 2 bridgehead atoms. The van der Waals surface area contributed by atoms with Crippen LogP contribution < -0.4 is 0 Å². The minimum absolute atomic E-state index is 0.297. The molecular formula is C16H26O2. The van der Waals surface area contributed by atoms with E-state index in [1.807, 2.05) is 0 Å². The van der Waals surface area contributed by atoms with Crippen molar-refractivity contribution in [3.63, 3.8) is 0 Å². The van der Waals surface area contributed by atoms with Crippen LogP contribution in [0.3, 0.4) is 0 Å². The molecule has 2 nitrogen and oxygen atoms in total. The summed E-state index contributed by atoms with van der Waals surface area (Å²) in [4.78, 5) is 10.4. The zero-order valence-corrected chi connectivity index (χ0v) is 11.7. The van der Waals surface area contributed by atoms with Crippen molar-refractivity contribution in [3.05, 3.63) is 12.2 Å². The van der Waals surface area contributed by atoms with E-state index in [-0.39, 0.29) is 0 Å². The summed E-state index contributed by atoms with van der Waals surface area (Å²) in [5, 5.41) is 8.55. The topological polar surface area (TPSA) is 37.3 Å². The Balaban J connectivity index is 1.68. The fourth-order valence-electron chi connectivity index (χ4n) is 4.00. The molecular weight excluding hydrogens is 224 g/mol. The molecule has 0 radical (unpaired) electrons. The quantitative estimate of drug-likeness (QED) is 0.565. The monoisotopic (exact) mass is 250 g/mol. The molecule has 3 fully saturated rings. The van der Waals surface area contributed by atoms with Gasteiger partial charge in [0.25, 0.3) is 0 Å². The Hall–Kier alpha value is -0.790. The standard InChI is InChI=1S/C16H26O2/c1-16(2)13-10-9-12(14(16)11-13)7-5-3-4-6-8-15(17)18/h3,5,12-14H,4,6-11H2,1-2H3,(H,17,18)/b5-3-/t12-,13-,14-/m0/s1. The van der Waals surface area contributed by atoms with Gasteiger partial charge in [-0.1, -0.05) is 26.0 Å². The first-order valence-corrected chi connectivity index (χ1v) is 7.38. The molecule has 18 heavy (non-hydrogen) atoms. The molecule has 0 aromatic heterocycles. The van der Waals surface area contributed by atoms with E-state index in [1.54, 1.807) is 0 Å². The van der Waals surface area contributed by atoms with Crippen LogP contribution in [0.2, 0.25) is 0 Å². The van der Waals surface area contributed by atoms with Gasteiger partial charge in [-0.2, -0.15) is 0 Å². The number of fused-ring (bicyclic) bond motifs is 2. The Labute approximate surface area is 110 Å². The second-order valence-corrected chi connectivity index (χ2v) is 6.69. The fourth-order valence-corrected chi connectivity index (χ4v) is 4.00. The maximum atomic E-state index is 10.4. The molecule has 0 unspecified atom stereocenters. The molecule has 0 aromatic rings. The van der Waals surface area contributed by atoms with Crippen molar-refractivity contribution < 1.29 is 9.90 Å². The van der Waals surface area contributed by atoms with E-state index in [9.17, 15) is 4.79 Å². The predicted molar refractivity (Wildman–Crippen MR) is 73.3 cm³/mol. The van der Waals surface area contributed by atoms with Gasteiger partial charge in [0.1, 0.15) is 0 Å². The van der Waals surface area contributed by atoms with E-state index in [2.05, 4.69) is 26.0 Å². The molecule has 0 saturated heterocycles. The van der Waals surface area contributed by atoms with Gasteiger partial charge in [0.05, 0.1) is 0 Å². The molecule has 3 aliphatic rings. The van der Waals surface area contributed by atoms with Gasteiger partial charge in [-0.15, -0.1) is 0 Å². The lowest BCUT2D eigenvalue weighted by Gasteiger charge is -2.60. The maximum Gasteiger partial charge on any atom is 0.303 e. The maximum absolute atomic E-state index is 10.4. The van der Waals surface area contributed by atoms with Crippen LogP contribution in [0.15, 0.2) is 12.2 Å². The third kappa shape index (κ3) is 2.78. The number of hydrogen-bond donors (Lipinski definition) is 1. The second-order valence-electron chi connectivity index (χ2n) is 6.69. The molecule has 3 aliphatic carbocycles. The largest absolute Gasteiger partial charge is 0.481 e. The van der Waals surface area contributed by atoms with Crippen LogP contribution in [0.5, 0.6) is 0 Å². The third-order valence-corrected chi connectivity index (χ3v) is 5.37. The van der Waals surface area contributed by atoms with E-state index in [0.717, 1.165) is 30.6 Å². The van der Waals surface area contributed by atoms with Crippen LogP contribution in [0.1, 0.15) is 58.8 Å². The third-order valence-electron chi connectivity index (χ3n) is 5.37. The highest BCUT2D eigenvalue weighted by Crippen LogP contribution is 2.62. The number of allylic oxidation sites excluding steroid dienone is 2. The van der Waals surface area contributed by atoms with Gasteiger partial charge in [0.15, 0.2) is 0 Å².